The zero-order valence-corrected chi connectivity index (χ0v) is 12.3. The van der Waals surface area contributed by atoms with Crippen molar-refractivity contribution in [3.8, 4) is 17.2 Å². The summed E-state index contributed by atoms with van der Waals surface area (Å²) in [5, 5.41) is 29.3. The third-order valence-electron chi connectivity index (χ3n) is 4.21. The Bertz CT molecular complexity index is 949. The van der Waals surface area contributed by atoms with Gasteiger partial charge in [0.1, 0.15) is 17.0 Å². The first-order valence-electron chi connectivity index (χ1n) is 7.05. The van der Waals surface area contributed by atoms with Crippen molar-refractivity contribution < 1.29 is 14.8 Å². The van der Waals surface area contributed by atoms with Crippen molar-refractivity contribution in [2.45, 2.75) is 18.3 Å². The molecule has 1 heterocycles. The summed E-state index contributed by atoms with van der Waals surface area (Å²) in [5.74, 6) is -1.03. The summed E-state index contributed by atoms with van der Waals surface area (Å²) in [4.78, 5) is 36.3. The Balaban J connectivity index is 2.18. The number of nitro groups is 1. The quantitative estimate of drug-likeness (QED) is 0.651. The average Bonchev–Trinajstić information content (AvgIpc) is 3.36. The maximum atomic E-state index is 12.2. The molecule has 3 rings (SSSR count). The van der Waals surface area contributed by atoms with Crippen LogP contribution in [0, 0.1) is 21.4 Å². The van der Waals surface area contributed by atoms with Crippen LogP contribution in [0.5, 0.6) is 0 Å². The molecule has 1 aliphatic carbocycles. The molecule has 2 N–H and O–H groups in total. The van der Waals surface area contributed by atoms with Crippen LogP contribution in [0.2, 0.25) is 0 Å². The molecular weight excluding hydrogens is 314 g/mol. The van der Waals surface area contributed by atoms with E-state index in [1.54, 1.807) is 6.07 Å². The molecule has 1 aliphatic rings. The van der Waals surface area contributed by atoms with E-state index in [4.69, 9.17) is 0 Å². The van der Waals surface area contributed by atoms with Gasteiger partial charge in [0.15, 0.2) is 0 Å². The maximum Gasteiger partial charge on any atom is 0.315 e. The molecule has 1 aromatic carbocycles. The van der Waals surface area contributed by atoms with Crippen molar-refractivity contribution in [2.24, 2.45) is 0 Å². The van der Waals surface area contributed by atoms with Gasteiger partial charge in [-0.2, -0.15) is 5.26 Å². The number of aromatic amines is 1. The van der Waals surface area contributed by atoms with Crippen LogP contribution in [0.1, 0.15) is 24.1 Å². The molecule has 1 fully saturated rings. The van der Waals surface area contributed by atoms with Gasteiger partial charge in [-0.3, -0.25) is 19.7 Å². The molecule has 0 aliphatic heterocycles. The number of non-ortho nitro benzene ring substituents is 1. The molecule has 0 radical (unpaired) electrons. The molecule has 0 spiro atoms. The average molecular weight is 325 g/mol. The summed E-state index contributed by atoms with van der Waals surface area (Å²) in [5.41, 5.74) is -1.13. The summed E-state index contributed by atoms with van der Waals surface area (Å²) in [6.45, 7) is 0. The zero-order chi connectivity index (χ0) is 17.5. The lowest BCUT2D eigenvalue weighted by molar-refractivity contribution is -0.384. The highest BCUT2D eigenvalue weighted by Gasteiger charge is 2.53. The zero-order valence-electron chi connectivity index (χ0n) is 12.3. The number of hydrogen-bond donors (Lipinski definition) is 2. The van der Waals surface area contributed by atoms with Crippen LogP contribution in [0.4, 0.5) is 5.69 Å². The van der Waals surface area contributed by atoms with Gasteiger partial charge in [-0.1, -0.05) is 0 Å². The summed E-state index contributed by atoms with van der Waals surface area (Å²) >= 11 is 0. The Morgan fingerprint density at radius 2 is 1.96 bits per heavy atom. The van der Waals surface area contributed by atoms with Crippen molar-refractivity contribution in [1.82, 2.24) is 4.98 Å². The Hall–Kier alpha value is -3.47. The molecule has 0 bridgehead atoms. The van der Waals surface area contributed by atoms with Crippen molar-refractivity contribution in [1.29, 1.82) is 5.26 Å². The molecule has 8 nitrogen and oxygen atoms in total. The number of aromatic nitrogens is 1. The second-order valence-electron chi connectivity index (χ2n) is 5.60. The molecule has 1 aromatic heterocycles. The number of H-pyrrole nitrogens is 1. The van der Waals surface area contributed by atoms with Crippen LogP contribution in [-0.4, -0.2) is 21.0 Å². The van der Waals surface area contributed by atoms with Gasteiger partial charge in [0.25, 0.3) is 11.2 Å². The SMILES string of the molecule is N#Cc1c(-c2ccc([N+](=O)[O-])cc2)cc(C2(C(=O)O)CC2)[nH]c1=O. The molecule has 2 aromatic rings. The minimum Gasteiger partial charge on any atom is -0.481 e. The number of benzene rings is 1. The Labute approximate surface area is 135 Å². The van der Waals surface area contributed by atoms with Crippen molar-refractivity contribution >= 4 is 11.7 Å². The van der Waals surface area contributed by atoms with Gasteiger partial charge in [0, 0.05) is 23.4 Å². The molecule has 1 saturated carbocycles. The minimum atomic E-state index is -1.12. The lowest BCUT2D eigenvalue weighted by atomic mass is 9.95. The number of pyridine rings is 1. The van der Waals surface area contributed by atoms with Crippen LogP contribution < -0.4 is 5.56 Å². The Kier molecular flexibility index (Phi) is 3.41. The number of aliphatic carboxylic acids is 1. The number of nitriles is 1. The first-order valence-corrected chi connectivity index (χ1v) is 7.05. The molecule has 120 valence electrons. The smallest absolute Gasteiger partial charge is 0.315 e. The molecular formula is C16H11N3O5. The predicted octanol–water partition coefficient (Wildman–Crippen LogP) is 1.94. The van der Waals surface area contributed by atoms with Crippen LogP contribution >= 0.6 is 0 Å². The normalized spacial score (nSPS) is 14.6. The molecule has 0 unspecified atom stereocenters. The Morgan fingerprint density at radius 3 is 2.42 bits per heavy atom. The summed E-state index contributed by atoms with van der Waals surface area (Å²) < 4.78 is 0. The minimum absolute atomic E-state index is 0.119. The van der Waals surface area contributed by atoms with Gasteiger partial charge in [0.05, 0.1) is 4.92 Å². The molecule has 24 heavy (non-hydrogen) atoms. The van der Waals surface area contributed by atoms with E-state index in [0.717, 1.165) is 0 Å². The third kappa shape index (κ3) is 2.32. The van der Waals surface area contributed by atoms with Crippen LogP contribution in [0.3, 0.4) is 0 Å². The number of carbonyl (C=O) groups is 1. The highest BCUT2D eigenvalue weighted by Crippen LogP contribution is 2.48. The number of carboxylic acid groups (broad SMARTS) is 1. The van der Waals surface area contributed by atoms with Gasteiger partial charge >= 0.3 is 5.97 Å². The first-order chi connectivity index (χ1) is 11.4. The standard InChI is InChI=1S/C16H11N3O5/c17-8-12-11(9-1-3-10(4-2-9)19(23)24)7-13(18-14(12)20)16(5-6-16)15(21)22/h1-4,7H,5-6H2,(H,18,20)(H,21,22). The van der Waals surface area contributed by atoms with Crippen molar-refractivity contribution in [3.63, 3.8) is 0 Å². The first kappa shape index (κ1) is 15.4. The van der Waals surface area contributed by atoms with Crippen molar-refractivity contribution in [3.05, 3.63) is 62.1 Å². The van der Waals surface area contributed by atoms with Gasteiger partial charge in [-0.15, -0.1) is 0 Å². The highest BCUT2D eigenvalue weighted by molar-refractivity contribution is 5.85. The molecule has 0 saturated heterocycles. The topological polar surface area (TPSA) is 137 Å². The number of hydrogen-bond acceptors (Lipinski definition) is 5. The van der Waals surface area contributed by atoms with E-state index < -0.39 is 21.9 Å². The van der Waals surface area contributed by atoms with Gasteiger partial charge in [-0.05, 0) is 36.6 Å². The number of nitrogens with zero attached hydrogens (tertiary/aromatic N) is 2. The van der Waals surface area contributed by atoms with E-state index in [9.17, 15) is 30.1 Å². The third-order valence-corrected chi connectivity index (χ3v) is 4.21. The number of carboxylic acids is 1. The molecule has 0 atom stereocenters. The van der Waals surface area contributed by atoms with Gasteiger partial charge < -0.3 is 10.1 Å². The summed E-state index contributed by atoms with van der Waals surface area (Å²) in [6.07, 6.45) is 0.813. The maximum absolute atomic E-state index is 12.2. The second kappa shape index (κ2) is 5.31. The highest BCUT2D eigenvalue weighted by atomic mass is 16.6. The van der Waals surface area contributed by atoms with E-state index in [1.807, 2.05) is 0 Å². The fourth-order valence-corrected chi connectivity index (χ4v) is 2.64. The largest absolute Gasteiger partial charge is 0.481 e. The van der Waals surface area contributed by atoms with E-state index in [1.165, 1.54) is 30.3 Å². The number of nitrogens with one attached hydrogen (secondary N) is 1. The van der Waals surface area contributed by atoms with Gasteiger partial charge in [0.2, 0.25) is 0 Å². The molecule has 8 heteroatoms. The number of rotatable bonds is 4. The fourth-order valence-electron chi connectivity index (χ4n) is 2.64. The van der Waals surface area contributed by atoms with E-state index in [-0.39, 0.29) is 22.5 Å². The lowest BCUT2D eigenvalue weighted by Gasteiger charge is -2.13. The molecule has 0 amide bonds. The summed E-state index contributed by atoms with van der Waals surface area (Å²) in [7, 11) is 0. The fraction of sp³-hybridized carbons (Fsp3) is 0.188. The van der Waals surface area contributed by atoms with E-state index >= 15 is 0 Å². The van der Waals surface area contributed by atoms with Crippen LogP contribution in [0.25, 0.3) is 11.1 Å². The van der Waals surface area contributed by atoms with E-state index in [2.05, 4.69) is 4.98 Å². The Morgan fingerprint density at radius 1 is 1.33 bits per heavy atom. The monoisotopic (exact) mass is 325 g/mol. The lowest BCUT2D eigenvalue weighted by Crippen LogP contribution is -2.25. The van der Waals surface area contributed by atoms with E-state index in [0.29, 0.717) is 18.4 Å². The number of nitro benzene ring substituents is 1. The van der Waals surface area contributed by atoms with Crippen LogP contribution in [-0.2, 0) is 10.2 Å². The van der Waals surface area contributed by atoms with Crippen molar-refractivity contribution in [2.75, 3.05) is 0 Å². The van der Waals surface area contributed by atoms with Crippen LogP contribution in [0.15, 0.2) is 35.1 Å². The second-order valence-corrected chi connectivity index (χ2v) is 5.60. The van der Waals surface area contributed by atoms with Gasteiger partial charge in [-0.25, -0.2) is 0 Å². The summed E-state index contributed by atoms with van der Waals surface area (Å²) in [6, 6.07) is 8.66. The predicted molar refractivity (Wildman–Crippen MR) is 82.4 cm³/mol.